The first-order chi connectivity index (χ1) is 40.2. The molecule has 10 heteroatoms. The second kappa shape index (κ2) is 18.4. The summed E-state index contributed by atoms with van der Waals surface area (Å²) in [4.78, 5) is 21.1. The summed E-state index contributed by atoms with van der Waals surface area (Å²) in [6.07, 6.45) is 2.18. The Morgan fingerprint density at radius 2 is 0.744 bits per heavy atom. The molecule has 1 aliphatic carbocycles. The van der Waals surface area contributed by atoms with Gasteiger partial charge in [0.15, 0.2) is 0 Å². The van der Waals surface area contributed by atoms with Gasteiger partial charge in [0.05, 0.1) is 0 Å². The molecule has 5 aliphatic rings. The van der Waals surface area contributed by atoms with Crippen molar-refractivity contribution in [2.75, 3.05) is 19.6 Å². The molecule has 2 aromatic heterocycles. The molecule has 6 heterocycles. The average Bonchev–Trinajstić information content (AvgIpc) is 0.997. The molecule has 8 nitrogen and oxygen atoms in total. The van der Waals surface area contributed by atoms with E-state index in [-0.39, 0.29) is 24.3 Å². The molecule has 0 fully saturated rings. The van der Waals surface area contributed by atoms with Crippen molar-refractivity contribution in [2.24, 2.45) is 0 Å². The molecular formula is C72H56B2N6O2. The van der Waals surface area contributed by atoms with Gasteiger partial charge in [0.2, 0.25) is 0 Å². The quantitative estimate of drug-likeness (QED) is 0.140. The molecule has 16 rings (SSSR count). The van der Waals surface area contributed by atoms with Crippen LogP contribution in [0.2, 0.25) is 0 Å². The lowest BCUT2D eigenvalue weighted by molar-refractivity contribution is 0.330. The van der Waals surface area contributed by atoms with Gasteiger partial charge in [-0.05, 0) is 148 Å². The normalized spacial score (nSPS) is 15.0. The Balaban J connectivity index is 1.01. The fraction of sp³-hybridized carbons (Fsp3) is 0.111. The number of rotatable bonds is 8. The maximum atomic E-state index is 7.53. The minimum absolute atomic E-state index is 0.0429. The van der Waals surface area contributed by atoms with Gasteiger partial charge in [-0.25, -0.2) is 9.97 Å². The number of para-hydroxylation sites is 7. The van der Waals surface area contributed by atoms with E-state index < -0.39 is 0 Å². The molecule has 0 spiro atoms. The van der Waals surface area contributed by atoms with Crippen LogP contribution in [0.4, 0.5) is 68.8 Å². The van der Waals surface area contributed by atoms with Crippen LogP contribution in [0.1, 0.15) is 51.7 Å². The lowest BCUT2D eigenvalue weighted by Gasteiger charge is -2.45. The molecule has 0 atom stereocenters. The zero-order chi connectivity index (χ0) is 54.8. The Bertz CT molecular complexity index is 4240. The molecule has 392 valence electrons. The second-order valence-corrected chi connectivity index (χ2v) is 23.6. The summed E-state index contributed by atoms with van der Waals surface area (Å²) in [5.74, 6) is 6.40. The standard InChI is InChI=1S/C72H56B2N6O2/c1-71(2)39-40-72(3,4)54-42-62-58(41-53(54)71)74-57-43-56-59(44-60(57)80(52-35-21-10-22-36-52)70-68(74)64(82-62)46-66(76-70)78(49-29-15-7-16-30-49)50-31-17-8-18-32-50)79(51-33-19-9-20-34-51)69-67-63(81-61-38-24-23-37-55(61)73(56)67)45-65(75-69)77(47-25-11-5-12-26-47)48-27-13-6-14-28-48/h5-38,41-46H,39-40H2,1-4H3. The first-order valence-corrected chi connectivity index (χ1v) is 28.6. The summed E-state index contributed by atoms with van der Waals surface area (Å²) in [5, 5.41) is 0. The number of hydrogen-bond acceptors (Lipinski definition) is 8. The van der Waals surface area contributed by atoms with Crippen LogP contribution < -0.4 is 61.9 Å². The van der Waals surface area contributed by atoms with Crippen LogP contribution in [0, 0.1) is 0 Å². The van der Waals surface area contributed by atoms with Crippen molar-refractivity contribution in [3.63, 3.8) is 0 Å². The Kier molecular flexibility index (Phi) is 10.8. The summed E-state index contributed by atoms with van der Waals surface area (Å²) in [5.41, 5.74) is 17.3. The van der Waals surface area contributed by atoms with Crippen molar-refractivity contribution < 1.29 is 9.47 Å². The number of anilines is 12. The number of ether oxygens (including phenoxy) is 2. The van der Waals surface area contributed by atoms with Gasteiger partial charge in [-0.3, -0.25) is 19.6 Å². The van der Waals surface area contributed by atoms with Crippen LogP contribution >= 0.6 is 0 Å². The van der Waals surface area contributed by atoms with Crippen molar-refractivity contribution in [2.45, 2.75) is 51.4 Å². The van der Waals surface area contributed by atoms with Gasteiger partial charge in [0.25, 0.3) is 13.4 Å². The first kappa shape index (κ1) is 48.1. The zero-order valence-corrected chi connectivity index (χ0v) is 46.2. The van der Waals surface area contributed by atoms with Crippen LogP contribution in [0.5, 0.6) is 23.0 Å². The summed E-state index contributed by atoms with van der Waals surface area (Å²) in [6, 6.07) is 86.4. The van der Waals surface area contributed by atoms with Crippen molar-refractivity contribution in [1.82, 2.24) is 9.97 Å². The Morgan fingerprint density at radius 1 is 0.366 bits per heavy atom. The van der Waals surface area contributed by atoms with Gasteiger partial charge >= 0.3 is 0 Å². The molecule has 4 aliphatic heterocycles. The third-order valence-electron chi connectivity index (χ3n) is 17.8. The van der Waals surface area contributed by atoms with Gasteiger partial charge in [0.1, 0.15) is 46.3 Å². The highest BCUT2D eigenvalue weighted by Crippen LogP contribution is 2.51. The minimum Gasteiger partial charge on any atom is -0.458 e. The topological polar surface area (TPSA) is 57.2 Å². The third-order valence-corrected chi connectivity index (χ3v) is 17.8. The van der Waals surface area contributed by atoms with Gasteiger partial charge in [-0.1, -0.05) is 167 Å². The molecular weight excluding hydrogens is 1000 g/mol. The van der Waals surface area contributed by atoms with E-state index in [2.05, 4.69) is 290 Å². The smallest absolute Gasteiger partial charge is 0.258 e. The third kappa shape index (κ3) is 7.47. The molecule has 82 heavy (non-hydrogen) atoms. The average molecular weight is 1060 g/mol. The molecule has 0 bridgehead atoms. The van der Waals surface area contributed by atoms with Crippen LogP contribution in [0.25, 0.3) is 0 Å². The molecule has 0 saturated carbocycles. The molecule has 0 unspecified atom stereocenters. The van der Waals surface area contributed by atoms with E-state index in [0.29, 0.717) is 0 Å². The zero-order valence-electron chi connectivity index (χ0n) is 46.2. The van der Waals surface area contributed by atoms with Gasteiger partial charge in [0, 0.05) is 68.6 Å². The van der Waals surface area contributed by atoms with E-state index in [4.69, 9.17) is 19.4 Å². The maximum absolute atomic E-state index is 7.53. The van der Waals surface area contributed by atoms with Crippen molar-refractivity contribution in [1.29, 1.82) is 0 Å². The molecule has 9 aromatic carbocycles. The second-order valence-electron chi connectivity index (χ2n) is 23.6. The fourth-order valence-electron chi connectivity index (χ4n) is 13.7. The molecule has 11 aromatic rings. The predicted molar refractivity (Wildman–Crippen MR) is 338 cm³/mol. The van der Waals surface area contributed by atoms with E-state index in [9.17, 15) is 0 Å². The summed E-state index contributed by atoms with van der Waals surface area (Å²) < 4.78 is 14.7. The van der Waals surface area contributed by atoms with Crippen molar-refractivity contribution in [3.05, 3.63) is 254 Å². The van der Waals surface area contributed by atoms with Crippen molar-refractivity contribution >= 4 is 115 Å². The van der Waals surface area contributed by atoms with E-state index in [1.54, 1.807) is 0 Å². The Labute approximate surface area is 479 Å². The number of fused-ring (bicyclic) bond motifs is 9. The van der Waals surface area contributed by atoms with Gasteiger partial charge in [-0.15, -0.1) is 0 Å². The highest BCUT2D eigenvalue weighted by Gasteiger charge is 2.50. The lowest BCUT2D eigenvalue weighted by Crippen LogP contribution is -2.64. The maximum Gasteiger partial charge on any atom is 0.258 e. The van der Waals surface area contributed by atoms with Crippen LogP contribution in [0.3, 0.4) is 0 Å². The molecule has 0 saturated heterocycles. The van der Waals surface area contributed by atoms with E-state index in [1.807, 2.05) is 0 Å². The first-order valence-electron chi connectivity index (χ1n) is 28.6. The SMILES string of the molecule is CC1(C)CCC(C)(C)c2cc3c(cc21)Oc1cc(N(c2ccccc2)c2ccccc2)nc2c1B3c1cc3c(cc1N2c1ccccc1)N(c1ccccc1)c1nc(N(c2ccccc2)c2ccccc2)cc2c1B3c1ccccc1O2. The number of hydrogen-bond donors (Lipinski definition) is 0. The minimum atomic E-state index is -0.254. The van der Waals surface area contributed by atoms with E-state index >= 15 is 0 Å². The lowest BCUT2D eigenvalue weighted by atomic mass is 9.31. The van der Waals surface area contributed by atoms with Gasteiger partial charge in [-0.2, -0.15) is 0 Å². The number of pyridine rings is 2. The number of benzene rings is 9. The monoisotopic (exact) mass is 1060 g/mol. The number of nitrogens with zero attached hydrogens (tertiary/aromatic N) is 6. The highest BCUT2D eigenvalue weighted by atomic mass is 16.5. The fourth-order valence-corrected chi connectivity index (χ4v) is 13.7. The molecule has 0 radical (unpaired) electrons. The summed E-state index contributed by atoms with van der Waals surface area (Å²) in [7, 11) is 0. The largest absolute Gasteiger partial charge is 0.458 e. The van der Waals surface area contributed by atoms with E-state index in [0.717, 1.165) is 126 Å². The molecule has 0 N–H and O–H groups in total. The van der Waals surface area contributed by atoms with Crippen molar-refractivity contribution in [3.8, 4) is 23.0 Å². The molecule has 0 amide bonds. The predicted octanol–water partition coefficient (Wildman–Crippen LogP) is 14.6. The van der Waals surface area contributed by atoms with Gasteiger partial charge < -0.3 is 9.47 Å². The summed E-state index contributed by atoms with van der Waals surface area (Å²) in [6.45, 7) is 9.15. The van der Waals surface area contributed by atoms with Crippen LogP contribution in [-0.2, 0) is 10.8 Å². The summed E-state index contributed by atoms with van der Waals surface area (Å²) >= 11 is 0. The number of aromatic nitrogens is 2. The Morgan fingerprint density at radius 3 is 1.20 bits per heavy atom. The van der Waals surface area contributed by atoms with Crippen LogP contribution in [-0.4, -0.2) is 23.4 Å². The highest BCUT2D eigenvalue weighted by molar-refractivity contribution is 7.02. The van der Waals surface area contributed by atoms with Crippen LogP contribution in [0.15, 0.2) is 243 Å². The Hall–Kier alpha value is -9.79. The van der Waals surface area contributed by atoms with E-state index in [1.165, 1.54) is 22.1 Å².